The van der Waals surface area contributed by atoms with Crippen LogP contribution in [-0.4, -0.2) is 20.1 Å². The molecule has 1 N–H and O–H groups in total. The van der Waals surface area contributed by atoms with Crippen molar-refractivity contribution in [3.8, 4) is 0 Å². The molecule has 3 heteroatoms. The minimum Gasteiger partial charge on any atom is -0.364 e. The maximum absolute atomic E-state index is 13.8. The van der Waals surface area contributed by atoms with Gasteiger partial charge in [-0.1, -0.05) is 12.2 Å². The van der Waals surface area contributed by atoms with Crippen LogP contribution in [0.1, 0.15) is 24.1 Å². The largest absolute Gasteiger partial charge is 0.364 e. The Balaban J connectivity index is 3.31. The van der Waals surface area contributed by atoms with Crippen LogP contribution < -0.4 is 10.2 Å². The number of halogens is 1. The van der Waals surface area contributed by atoms with Crippen molar-refractivity contribution in [2.75, 3.05) is 25.0 Å². The summed E-state index contributed by atoms with van der Waals surface area (Å²) in [5.74, 6) is -0.169. The van der Waals surface area contributed by atoms with Crippen molar-refractivity contribution in [3.05, 3.63) is 54.4 Å². The van der Waals surface area contributed by atoms with Gasteiger partial charge in [0.25, 0.3) is 0 Å². The van der Waals surface area contributed by atoms with E-state index in [1.165, 1.54) is 0 Å². The molecule has 0 saturated carbocycles. The molecule has 0 radical (unpaired) electrons. The van der Waals surface area contributed by atoms with Gasteiger partial charge in [-0.15, -0.1) is 13.2 Å². The highest BCUT2D eigenvalue weighted by atomic mass is 19.1. The third kappa shape index (κ3) is 3.67. The topological polar surface area (TPSA) is 15.3 Å². The van der Waals surface area contributed by atoms with Crippen molar-refractivity contribution >= 4 is 5.69 Å². The van der Waals surface area contributed by atoms with E-state index in [4.69, 9.17) is 0 Å². The van der Waals surface area contributed by atoms with Crippen LogP contribution >= 0.6 is 0 Å². The molecule has 0 fully saturated rings. The molecular formula is C16H23FN2. The van der Waals surface area contributed by atoms with E-state index >= 15 is 0 Å². The second kappa shape index (κ2) is 7.10. The number of aryl methyl sites for hydroxylation is 1. The van der Waals surface area contributed by atoms with Gasteiger partial charge in [0.15, 0.2) is 0 Å². The highest BCUT2D eigenvalue weighted by Gasteiger charge is 2.16. The normalized spacial score (nSPS) is 12.0. The third-order valence-corrected chi connectivity index (χ3v) is 3.25. The first-order valence-corrected chi connectivity index (χ1v) is 6.49. The van der Waals surface area contributed by atoms with Crippen LogP contribution in [-0.2, 0) is 0 Å². The summed E-state index contributed by atoms with van der Waals surface area (Å²) in [4.78, 5) is 2.13. The highest BCUT2D eigenvalue weighted by molar-refractivity contribution is 5.58. The zero-order valence-electron chi connectivity index (χ0n) is 12.0. The minimum atomic E-state index is -0.169. The summed E-state index contributed by atoms with van der Waals surface area (Å²) in [6.45, 7) is 12.8. The minimum absolute atomic E-state index is 0.0854. The summed E-state index contributed by atoms with van der Waals surface area (Å²) >= 11 is 0. The molecule has 19 heavy (non-hydrogen) atoms. The Labute approximate surface area is 115 Å². The number of nitrogens with one attached hydrogen (secondary N) is 1. The van der Waals surface area contributed by atoms with Crippen molar-refractivity contribution in [3.63, 3.8) is 0 Å². The summed E-state index contributed by atoms with van der Waals surface area (Å²) in [7, 11) is 1.87. The number of benzene rings is 1. The van der Waals surface area contributed by atoms with E-state index in [1.807, 2.05) is 32.2 Å². The Hall–Kier alpha value is -1.61. The zero-order chi connectivity index (χ0) is 14.4. The monoisotopic (exact) mass is 262 g/mol. The average molecular weight is 262 g/mol. The molecule has 0 bridgehead atoms. The first kappa shape index (κ1) is 15.4. The lowest BCUT2D eigenvalue weighted by molar-refractivity contribution is 0.600. The molecule has 0 aromatic heterocycles. The van der Waals surface area contributed by atoms with Crippen LogP contribution in [0.5, 0.6) is 0 Å². The molecule has 0 saturated heterocycles. The van der Waals surface area contributed by atoms with Gasteiger partial charge in [-0.2, -0.15) is 0 Å². The average Bonchev–Trinajstić information content (AvgIpc) is 2.40. The van der Waals surface area contributed by atoms with E-state index in [0.717, 1.165) is 11.3 Å². The lowest BCUT2D eigenvalue weighted by Crippen LogP contribution is -2.26. The van der Waals surface area contributed by atoms with Gasteiger partial charge < -0.3 is 10.2 Å². The maximum Gasteiger partial charge on any atom is 0.126 e. The van der Waals surface area contributed by atoms with E-state index in [9.17, 15) is 4.39 Å². The summed E-state index contributed by atoms with van der Waals surface area (Å²) in [5, 5.41) is 3.16. The van der Waals surface area contributed by atoms with Gasteiger partial charge in [0.05, 0.1) is 0 Å². The Kier molecular flexibility index (Phi) is 5.77. The fraction of sp³-hybridized carbons (Fsp3) is 0.375. The summed E-state index contributed by atoms with van der Waals surface area (Å²) in [5.41, 5.74) is 2.63. The molecule has 1 rings (SSSR count). The standard InChI is InChI=1S/C16H23FN2/c1-6-8-19(9-7-2)16-10-12(3)15(17)11-14(16)13(4)18-5/h6-7,10-11,13,18H,1-2,8-9H2,3-5H3. The molecule has 0 heterocycles. The van der Waals surface area contributed by atoms with Crippen molar-refractivity contribution < 1.29 is 4.39 Å². The lowest BCUT2D eigenvalue weighted by Gasteiger charge is -2.27. The van der Waals surface area contributed by atoms with Crippen molar-refractivity contribution in [1.82, 2.24) is 5.32 Å². The van der Waals surface area contributed by atoms with Gasteiger partial charge in [0.1, 0.15) is 5.82 Å². The summed E-state index contributed by atoms with van der Waals surface area (Å²) < 4.78 is 13.8. The van der Waals surface area contributed by atoms with Gasteiger partial charge in [0.2, 0.25) is 0 Å². The molecule has 1 aromatic carbocycles. The Bertz CT molecular complexity index is 444. The van der Waals surface area contributed by atoms with Crippen LogP contribution in [0.15, 0.2) is 37.4 Å². The predicted octanol–water partition coefficient (Wildman–Crippen LogP) is 3.59. The molecule has 0 aliphatic rings. The molecule has 1 unspecified atom stereocenters. The van der Waals surface area contributed by atoms with E-state index in [2.05, 4.69) is 23.4 Å². The number of nitrogens with zero attached hydrogens (tertiary/aromatic N) is 1. The van der Waals surface area contributed by atoms with Crippen molar-refractivity contribution in [2.45, 2.75) is 19.9 Å². The molecule has 1 aromatic rings. The van der Waals surface area contributed by atoms with E-state index in [0.29, 0.717) is 18.7 Å². The van der Waals surface area contributed by atoms with Gasteiger partial charge >= 0.3 is 0 Å². The second-order valence-electron chi connectivity index (χ2n) is 4.65. The summed E-state index contributed by atoms with van der Waals surface area (Å²) in [6, 6.07) is 3.60. The van der Waals surface area contributed by atoms with Crippen molar-refractivity contribution in [1.29, 1.82) is 0 Å². The lowest BCUT2D eigenvalue weighted by atomic mass is 10.0. The number of anilines is 1. The quantitative estimate of drug-likeness (QED) is 0.755. The number of hydrogen-bond donors (Lipinski definition) is 1. The van der Waals surface area contributed by atoms with Gasteiger partial charge in [-0.05, 0) is 44.2 Å². The van der Waals surface area contributed by atoms with E-state index in [1.54, 1.807) is 13.0 Å². The smallest absolute Gasteiger partial charge is 0.126 e. The van der Waals surface area contributed by atoms with Crippen LogP contribution in [0.2, 0.25) is 0 Å². The summed E-state index contributed by atoms with van der Waals surface area (Å²) in [6.07, 6.45) is 3.69. The van der Waals surface area contributed by atoms with Gasteiger partial charge in [-0.3, -0.25) is 0 Å². The maximum atomic E-state index is 13.8. The molecule has 0 amide bonds. The number of rotatable bonds is 7. The number of hydrogen-bond acceptors (Lipinski definition) is 2. The molecular weight excluding hydrogens is 239 g/mol. The molecule has 0 aliphatic heterocycles. The molecule has 104 valence electrons. The fourth-order valence-electron chi connectivity index (χ4n) is 2.04. The predicted molar refractivity (Wildman–Crippen MR) is 81.2 cm³/mol. The van der Waals surface area contributed by atoms with Crippen LogP contribution in [0, 0.1) is 12.7 Å². The van der Waals surface area contributed by atoms with E-state index in [-0.39, 0.29) is 11.9 Å². The Morgan fingerprint density at radius 2 is 1.89 bits per heavy atom. The zero-order valence-corrected chi connectivity index (χ0v) is 12.0. The Morgan fingerprint density at radius 3 is 2.37 bits per heavy atom. The SMILES string of the molecule is C=CCN(CC=C)c1cc(C)c(F)cc1C(C)NC. The highest BCUT2D eigenvalue weighted by Crippen LogP contribution is 2.29. The third-order valence-electron chi connectivity index (χ3n) is 3.25. The Morgan fingerprint density at radius 1 is 1.32 bits per heavy atom. The molecule has 0 aliphatic carbocycles. The first-order chi connectivity index (χ1) is 9.04. The molecule has 2 nitrogen and oxygen atoms in total. The fourth-order valence-corrected chi connectivity index (χ4v) is 2.04. The van der Waals surface area contributed by atoms with Gasteiger partial charge in [0, 0.05) is 24.8 Å². The molecule has 1 atom stereocenters. The van der Waals surface area contributed by atoms with E-state index < -0.39 is 0 Å². The molecule has 0 spiro atoms. The van der Waals surface area contributed by atoms with Crippen LogP contribution in [0.4, 0.5) is 10.1 Å². The van der Waals surface area contributed by atoms with Crippen LogP contribution in [0.25, 0.3) is 0 Å². The van der Waals surface area contributed by atoms with Gasteiger partial charge in [-0.25, -0.2) is 4.39 Å². The van der Waals surface area contributed by atoms with Crippen LogP contribution in [0.3, 0.4) is 0 Å². The first-order valence-electron chi connectivity index (χ1n) is 6.49. The second-order valence-corrected chi connectivity index (χ2v) is 4.65. The van der Waals surface area contributed by atoms with Crippen molar-refractivity contribution in [2.24, 2.45) is 0 Å².